The van der Waals surface area contributed by atoms with Gasteiger partial charge in [-0.05, 0) is 0 Å². The fourth-order valence-corrected chi connectivity index (χ4v) is 2.19. The summed E-state index contributed by atoms with van der Waals surface area (Å²) in [4.78, 5) is 15.5. The van der Waals surface area contributed by atoms with Crippen LogP contribution < -0.4 is 0 Å². The summed E-state index contributed by atoms with van der Waals surface area (Å²) >= 11 is 0. The molecule has 29 heavy (non-hydrogen) atoms. The first-order valence-corrected chi connectivity index (χ1v) is 10.6. The SMILES string of the molecule is CCC[N-]C(CCC)[N-]C(C)C.CCC[N-]C(CCC)[N-]C(C)C.[CH-]=O.[CH-]=O.[Ru+6]. The van der Waals surface area contributed by atoms with Crippen molar-refractivity contribution in [2.45, 2.75) is 118 Å². The fourth-order valence-electron chi connectivity index (χ4n) is 2.19. The van der Waals surface area contributed by atoms with Gasteiger partial charge in [0.05, 0.1) is 0 Å². The van der Waals surface area contributed by atoms with Crippen LogP contribution >= 0.6 is 0 Å². The van der Waals surface area contributed by atoms with E-state index in [1.165, 1.54) is 12.8 Å². The van der Waals surface area contributed by atoms with E-state index in [1.54, 1.807) is 0 Å². The molecular weight excluding hydrogens is 453 g/mol. The van der Waals surface area contributed by atoms with Crippen molar-refractivity contribution in [1.82, 2.24) is 0 Å². The molecule has 0 saturated heterocycles. The van der Waals surface area contributed by atoms with Gasteiger partial charge in [0.25, 0.3) is 0 Å². The zero-order valence-corrected chi connectivity index (χ0v) is 21.8. The van der Waals surface area contributed by atoms with Gasteiger partial charge >= 0.3 is 19.5 Å². The van der Waals surface area contributed by atoms with Gasteiger partial charge in [0.2, 0.25) is 0 Å². The summed E-state index contributed by atoms with van der Waals surface area (Å²) in [6.45, 7) is 25.6. The van der Waals surface area contributed by atoms with E-state index in [-0.39, 0.29) is 31.8 Å². The molecule has 174 valence electrons. The summed E-state index contributed by atoms with van der Waals surface area (Å²) < 4.78 is 0. The van der Waals surface area contributed by atoms with E-state index in [0.29, 0.717) is 12.1 Å². The van der Waals surface area contributed by atoms with E-state index in [1.807, 2.05) is 0 Å². The van der Waals surface area contributed by atoms with E-state index in [4.69, 9.17) is 9.59 Å². The average molecular weight is 500 g/mol. The summed E-state index contributed by atoms with van der Waals surface area (Å²) in [5.41, 5.74) is 0. The van der Waals surface area contributed by atoms with Gasteiger partial charge in [0.1, 0.15) is 0 Å². The summed E-state index contributed by atoms with van der Waals surface area (Å²) in [7, 11) is 0. The van der Waals surface area contributed by atoms with E-state index in [0.717, 1.165) is 38.8 Å². The Kier molecular flexibility index (Phi) is 47.8. The second-order valence-corrected chi connectivity index (χ2v) is 6.84. The molecule has 7 heteroatoms. The molecule has 0 aromatic rings. The summed E-state index contributed by atoms with van der Waals surface area (Å²) in [6, 6.07) is 0.837. The Morgan fingerprint density at radius 1 is 0.586 bits per heavy atom. The first-order valence-electron chi connectivity index (χ1n) is 10.6. The number of carbonyl (C=O) groups excluding carboxylic acids is 2. The molecule has 0 rings (SSSR count). The van der Waals surface area contributed by atoms with Gasteiger partial charge in [-0.15, -0.1) is 12.1 Å². The molecule has 0 bridgehead atoms. The topological polar surface area (TPSA) is 90.5 Å². The van der Waals surface area contributed by atoms with Crippen LogP contribution in [0.1, 0.15) is 93.9 Å². The Hall–Kier alpha value is -0.197. The fraction of sp³-hybridized carbons (Fsp3) is 0.909. The molecule has 2 atom stereocenters. The molecule has 0 N–H and O–H groups in total. The Balaban J connectivity index is -0.000000109. The monoisotopic (exact) mass is 500 g/mol. The Bertz CT molecular complexity index is 247. The van der Waals surface area contributed by atoms with E-state index >= 15 is 0 Å². The van der Waals surface area contributed by atoms with Crippen LogP contribution in [0.15, 0.2) is 0 Å². The maximum absolute atomic E-state index is 7.75. The zero-order chi connectivity index (χ0) is 22.8. The van der Waals surface area contributed by atoms with Crippen molar-refractivity contribution in [3.63, 3.8) is 0 Å². The van der Waals surface area contributed by atoms with Crippen LogP contribution in [0, 0.1) is 0 Å². The molecule has 0 aliphatic carbocycles. The van der Waals surface area contributed by atoms with Crippen LogP contribution in [0.5, 0.6) is 0 Å². The van der Waals surface area contributed by atoms with Crippen LogP contribution in [0.3, 0.4) is 0 Å². The Morgan fingerprint density at radius 2 is 0.862 bits per heavy atom. The van der Waals surface area contributed by atoms with E-state index < -0.39 is 0 Å². The molecule has 0 aliphatic heterocycles. The summed E-state index contributed by atoms with van der Waals surface area (Å²) in [5.74, 6) is 0. The number of hydrogen-bond acceptors (Lipinski definition) is 2. The molecule has 0 amide bonds. The van der Waals surface area contributed by atoms with E-state index in [2.05, 4.69) is 90.2 Å². The minimum absolute atomic E-state index is 0. The molecule has 0 aromatic carbocycles. The van der Waals surface area contributed by atoms with Gasteiger partial charge in [0, 0.05) is 0 Å². The van der Waals surface area contributed by atoms with Crippen LogP contribution in [0.25, 0.3) is 21.3 Å². The molecule has 0 aliphatic rings. The second-order valence-electron chi connectivity index (χ2n) is 6.84. The maximum atomic E-state index is 7.75. The normalized spacial score (nSPS) is 11.7. The number of hydrogen-bond donors (Lipinski definition) is 0. The van der Waals surface area contributed by atoms with Crippen molar-refractivity contribution < 1.29 is 29.1 Å². The Labute approximate surface area is 195 Å². The molecule has 0 saturated carbocycles. The first-order chi connectivity index (χ1) is 13.4. The van der Waals surface area contributed by atoms with Gasteiger partial charge in [0.15, 0.2) is 0 Å². The van der Waals surface area contributed by atoms with Crippen molar-refractivity contribution in [1.29, 1.82) is 0 Å². The van der Waals surface area contributed by atoms with Crippen molar-refractivity contribution in [3.8, 4) is 0 Å². The van der Waals surface area contributed by atoms with Crippen molar-refractivity contribution >= 4 is 13.6 Å². The van der Waals surface area contributed by atoms with Crippen LogP contribution in [-0.4, -0.2) is 51.1 Å². The largest absolute Gasteiger partial charge is 6.00 e. The third-order valence-electron chi connectivity index (χ3n) is 3.16. The van der Waals surface area contributed by atoms with Crippen LogP contribution in [0.4, 0.5) is 0 Å². The summed E-state index contributed by atoms with van der Waals surface area (Å²) in [5, 5.41) is 18.1. The number of rotatable bonds is 14. The molecular formula is C22H46N4O2Ru. The van der Waals surface area contributed by atoms with Gasteiger partial charge in [-0.3, -0.25) is 13.6 Å². The third-order valence-corrected chi connectivity index (χ3v) is 3.16. The Morgan fingerprint density at radius 3 is 1.03 bits per heavy atom. The van der Waals surface area contributed by atoms with E-state index in [9.17, 15) is 0 Å². The van der Waals surface area contributed by atoms with Crippen molar-refractivity contribution in [2.24, 2.45) is 0 Å². The first kappa shape index (κ1) is 39.3. The minimum atomic E-state index is 0. The van der Waals surface area contributed by atoms with Crippen LogP contribution in [0.2, 0.25) is 0 Å². The zero-order valence-electron chi connectivity index (χ0n) is 20.1. The molecule has 0 spiro atoms. The molecule has 6 nitrogen and oxygen atoms in total. The van der Waals surface area contributed by atoms with Gasteiger partial charge in [-0.1, -0.05) is 93.9 Å². The van der Waals surface area contributed by atoms with Crippen LogP contribution in [-0.2, 0) is 29.1 Å². The maximum Gasteiger partial charge on any atom is 6.00 e. The number of nitrogens with zero attached hydrogens (tertiary/aromatic N) is 4. The second kappa shape index (κ2) is 35.3. The van der Waals surface area contributed by atoms with Gasteiger partial charge in [-0.2, -0.15) is 13.1 Å². The standard InChI is InChI=1S/2C10H22N2.2CHO.Ru/c2*1-5-7-10(11-8-6-2)12-9(3)4;2*1-2;/h2*9-10H,5-8H2,1-4H3;2*1H;/q2*-2;2*-1;+6. The van der Waals surface area contributed by atoms with Gasteiger partial charge < -0.3 is 30.9 Å². The minimum Gasteiger partial charge on any atom is -0.678 e. The quantitative estimate of drug-likeness (QED) is 0.149. The van der Waals surface area contributed by atoms with Crippen molar-refractivity contribution in [3.05, 3.63) is 21.3 Å². The average Bonchev–Trinajstić information content (AvgIpc) is 2.67. The predicted octanol–water partition coefficient (Wildman–Crippen LogP) is 6.81. The molecule has 0 fully saturated rings. The molecule has 0 heterocycles. The predicted molar refractivity (Wildman–Crippen MR) is 125 cm³/mol. The molecule has 0 radical (unpaired) electrons. The van der Waals surface area contributed by atoms with Crippen molar-refractivity contribution in [2.75, 3.05) is 13.1 Å². The molecule has 2 unspecified atom stereocenters. The van der Waals surface area contributed by atoms with Gasteiger partial charge in [-0.25, -0.2) is 12.3 Å². The third kappa shape index (κ3) is 38.9. The smallest absolute Gasteiger partial charge is 0.678 e. The summed E-state index contributed by atoms with van der Waals surface area (Å²) in [6.07, 6.45) is 7.35. The molecule has 0 aromatic heterocycles.